The van der Waals surface area contributed by atoms with Crippen LogP contribution in [0.15, 0.2) is 59.6 Å². The number of nitrogens with one attached hydrogen (secondary N) is 3. The van der Waals surface area contributed by atoms with E-state index in [1.165, 1.54) is 27.1 Å². The topological polar surface area (TPSA) is 101 Å². The van der Waals surface area contributed by atoms with Gasteiger partial charge in [-0.15, -0.1) is 0 Å². The Kier molecular flexibility index (Phi) is 9.69. The summed E-state index contributed by atoms with van der Waals surface area (Å²) in [6, 6.07) is 19.2. The van der Waals surface area contributed by atoms with E-state index in [1.807, 2.05) is 0 Å². The largest absolute Gasteiger partial charge is 0.444 e. The molecule has 0 saturated carbocycles. The number of nitrogens with zero attached hydrogens (tertiary/aromatic N) is 1. The standard InChI is InChI=1S/C30H40N4O4/c1-29(2,3)37-27(35)33-26(34-28(36)38-30(4,5)6)32-18-12-11-17-31-20-25-23-15-9-7-13-21(23)19-22-14-8-10-16-24(22)25/h7-10,13-16,19,31H,11-12,17-18,20H2,1-6H3,(H2,32,33,34,35,36). The molecule has 0 aliphatic carbocycles. The molecule has 38 heavy (non-hydrogen) atoms. The van der Waals surface area contributed by atoms with Crippen LogP contribution in [0.3, 0.4) is 0 Å². The average Bonchev–Trinajstić information content (AvgIpc) is 2.80. The van der Waals surface area contributed by atoms with Gasteiger partial charge in [0.05, 0.1) is 0 Å². The van der Waals surface area contributed by atoms with Crippen molar-refractivity contribution in [3.05, 3.63) is 60.2 Å². The van der Waals surface area contributed by atoms with E-state index in [0.29, 0.717) is 6.54 Å². The van der Waals surface area contributed by atoms with Gasteiger partial charge in [0.1, 0.15) is 11.2 Å². The normalized spacial score (nSPS) is 11.7. The van der Waals surface area contributed by atoms with Gasteiger partial charge in [-0.1, -0.05) is 48.5 Å². The lowest BCUT2D eigenvalue weighted by Gasteiger charge is -2.22. The molecule has 8 nitrogen and oxygen atoms in total. The zero-order valence-corrected chi connectivity index (χ0v) is 23.3. The van der Waals surface area contributed by atoms with Gasteiger partial charge in [0.25, 0.3) is 0 Å². The summed E-state index contributed by atoms with van der Waals surface area (Å²) >= 11 is 0. The van der Waals surface area contributed by atoms with Gasteiger partial charge < -0.3 is 14.8 Å². The fourth-order valence-electron chi connectivity index (χ4n) is 3.98. The average molecular weight is 521 g/mol. The first-order valence-corrected chi connectivity index (χ1v) is 13.1. The van der Waals surface area contributed by atoms with Crippen molar-refractivity contribution in [2.75, 3.05) is 13.1 Å². The maximum Gasteiger partial charge on any atom is 0.414 e. The SMILES string of the molecule is CC(C)(C)OC(=O)NC(=NCCCCNCc1c2ccccc2cc2ccccc12)NC(=O)OC(C)(C)C. The van der Waals surface area contributed by atoms with Crippen molar-refractivity contribution in [3.63, 3.8) is 0 Å². The monoisotopic (exact) mass is 520 g/mol. The highest BCUT2D eigenvalue weighted by Gasteiger charge is 2.21. The van der Waals surface area contributed by atoms with Crippen molar-refractivity contribution < 1.29 is 19.1 Å². The minimum Gasteiger partial charge on any atom is -0.444 e. The van der Waals surface area contributed by atoms with Crippen LogP contribution in [-0.2, 0) is 16.0 Å². The van der Waals surface area contributed by atoms with Crippen molar-refractivity contribution in [2.24, 2.45) is 4.99 Å². The minimum atomic E-state index is -0.698. The van der Waals surface area contributed by atoms with E-state index in [9.17, 15) is 9.59 Å². The van der Waals surface area contributed by atoms with Crippen molar-refractivity contribution in [1.82, 2.24) is 16.0 Å². The molecule has 0 unspecified atom stereocenters. The second-order valence-electron chi connectivity index (χ2n) is 11.2. The zero-order chi connectivity index (χ0) is 27.8. The summed E-state index contributed by atoms with van der Waals surface area (Å²) in [5.74, 6) is 0.00341. The van der Waals surface area contributed by atoms with Crippen molar-refractivity contribution in [2.45, 2.75) is 72.1 Å². The number of hydrogen-bond donors (Lipinski definition) is 3. The molecule has 0 aliphatic heterocycles. The molecule has 0 aliphatic rings. The molecule has 0 heterocycles. The number of rotatable bonds is 7. The lowest BCUT2D eigenvalue weighted by atomic mass is 9.97. The number of ether oxygens (including phenoxy) is 2. The lowest BCUT2D eigenvalue weighted by molar-refractivity contribution is 0.0545. The Balaban J connectivity index is 1.55. The van der Waals surface area contributed by atoms with Crippen LogP contribution in [0.5, 0.6) is 0 Å². The Bertz CT molecular complexity index is 1200. The number of carbonyl (C=O) groups excluding carboxylic acids is 2. The van der Waals surface area contributed by atoms with Crippen LogP contribution in [-0.4, -0.2) is 42.4 Å². The summed E-state index contributed by atoms with van der Waals surface area (Å²) in [6.45, 7) is 12.6. The van der Waals surface area contributed by atoms with Crippen LogP contribution in [0.25, 0.3) is 21.5 Å². The van der Waals surface area contributed by atoms with Crippen LogP contribution in [0.2, 0.25) is 0 Å². The van der Waals surface area contributed by atoms with Gasteiger partial charge in [0.2, 0.25) is 5.96 Å². The molecule has 0 radical (unpaired) electrons. The first-order chi connectivity index (χ1) is 17.9. The first kappa shape index (κ1) is 28.9. The molecule has 3 rings (SSSR count). The van der Waals surface area contributed by atoms with Crippen LogP contribution < -0.4 is 16.0 Å². The molecular formula is C30H40N4O4. The molecule has 3 N–H and O–H groups in total. The number of aliphatic imine (C=N–C) groups is 1. The number of benzene rings is 3. The third-order valence-corrected chi connectivity index (χ3v) is 5.45. The number of carbonyl (C=O) groups is 2. The van der Waals surface area contributed by atoms with Gasteiger partial charge in [0, 0.05) is 13.1 Å². The van der Waals surface area contributed by atoms with Gasteiger partial charge in [-0.3, -0.25) is 15.6 Å². The summed E-state index contributed by atoms with van der Waals surface area (Å²) in [4.78, 5) is 28.8. The van der Waals surface area contributed by atoms with Gasteiger partial charge in [-0.2, -0.15) is 0 Å². The summed E-state index contributed by atoms with van der Waals surface area (Å²) < 4.78 is 10.6. The molecule has 0 spiro atoms. The van der Waals surface area contributed by atoms with Crippen LogP contribution in [0.4, 0.5) is 9.59 Å². The first-order valence-electron chi connectivity index (χ1n) is 13.1. The maximum atomic E-state index is 12.2. The number of hydrogen-bond acceptors (Lipinski definition) is 6. The number of fused-ring (bicyclic) bond motifs is 2. The molecule has 204 valence electrons. The molecule has 3 aromatic rings. The van der Waals surface area contributed by atoms with Gasteiger partial charge in [-0.25, -0.2) is 9.59 Å². The fourth-order valence-corrected chi connectivity index (χ4v) is 3.98. The highest BCUT2D eigenvalue weighted by Crippen LogP contribution is 2.28. The maximum absolute atomic E-state index is 12.2. The highest BCUT2D eigenvalue weighted by atomic mass is 16.6. The van der Waals surface area contributed by atoms with Crippen LogP contribution in [0.1, 0.15) is 59.9 Å². The number of amides is 2. The molecule has 0 atom stereocenters. The van der Waals surface area contributed by atoms with Crippen LogP contribution >= 0.6 is 0 Å². The molecule has 0 saturated heterocycles. The van der Waals surface area contributed by atoms with Gasteiger partial charge in [-0.05, 0) is 94.1 Å². The molecule has 3 aromatic carbocycles. The van der Waals surface area contributed by atoms with Crippen molar-refractivity contribution >= 4 is 39.7 Å². The summed E-state index contributed by atoms with van der Waals surface area (Å²) in [6.07, 6.45) is 0.240. The van der Waals surface area contributed by atoms with E-state index >= 15 is 0 Å². The number of guanidine groups is 1. The van der Waals surface area contributed by atoms with E-state index in [1.54, 1.807) is 41.5 Å². The predicted molar refractivity (Wildman–Crippen MR) is 153 cm³/mol. The Morgan fingerprint density at radius 2 is 1.26 bits per heavy atom. The van der Waals surface area contributed by atoms with E-state index < -0.39 is 23.4 Å². The molecule has 2 amide bonds. The van der Waals surface area contributed by atoms with Gasteiger partial charge >= 0.3 is 12.2 Å². The lowest BCUT2D eigenvalue weighted by Crippen LogP contribution is -2.47. The zero-order valence-electron chi connectivity index (χ0n) is 23.3. The molecule has 0 bridgehead atoms. The van der Waals surface area contributed by atoms with Crippen molar-refractivity contribution in [3.8, 4) is 0 Å². The Labute approximate surface area is 225 Å². The fraction of sp³-hybridized carbons (Fsp3) is 0.433. The number of unbranched alkanes of at least 4 members (excludes halogenated alkanes) is 1. The Morgan fingerprint density at radius 1 is 0.763 bits per heavy atom. The number of alkyl carbamates (subject to hydrolysis) is 2. The summed E-state index contributed by atoms with van der Waals surface area (Å²) in [5, 5.41) is 13.6. The van der Waals surface area contributed by atoms with Gasteiger partial charge in [0.15, 0.2) is 0 Å². The van der Waals surface area contributed by atoms with Crippen LogP contribution in [0, 0.1) is 0 Å². The Morgan fingerprint density at radius 3 is 1.76 bits per heavy atom. The predicted octanol–water partition coefficient (Wildman–Crippen LogP) is 6.27. The third kappa shape index (κ3) is 9.34. The summed E-state index contributed by atoms with van der Waals surface area (Å²) in [7, 11) is 0. The second-order valence-corrected chi connectivity index (χ2v) is 11.2. The van der Waals surface area contributed by atoms with E-state index in [4.69, 9.17) is 9.47 Å². The molecular weight excluding hydrogens is 480 g/mol. The smallest absolute Gasteiger partial charge is 0.414 e. The molecule has 8 heteroatoms. The Hall–Kier alpha value is -3.65. The third-order valence-electron chi connectivity index (χ3n) is 5.45. The van der Waals surface area contributed by atoms with Crippen molar-refractivity contribution in [1.29, 1.82) is 0 Å². The minimum absolute atomic E-state index is 0.00341. The van der Waals surface area contributed by atoms with E-state index in [0.717, 1.165) is 25.9 Å². The quantitative estimate of drug-likeness (QED) is 0.148. The highest BCUT2D eigenvalue weighted by molar-refractivity contribution is 6.02. The summed E-state index contributed by atoms with van der Waals surface area (Å²) in [5.41, 5.74) is -0.0631. The van der Waals surface area contributed by atoms with E-state index in [-0.39, 0.29) is 5.96 Å². The van der Waals surface area contributed by atoms with E-state index in [2.05, 4.69) is 75.5 Å². The molecule has 0 aromatic heterocycles. The molecule has 0 fully saturated rings. The second kappa shape index (κ2) is 12.7.